The topological polar surface area (TPSA) is 30.5 Å². The highest BCUT2D eigenvalue weighted by Gasteiger charge is 2.07. The Bertz CT molecular complexity index is 415. The van der Waals surface area contributed by atoms with Gasteiger partial charge in [0.2, 0.25) is 0 Å². The minimum absolute atomic E-state index is 0.582. The van der Waals surface area contributed by atoms with Crippen molar-refractivity contribution in [3.05, 3.63) is 28.8 Å². The van der Waals surface area contributed by atoms with Crippen molar-refractivity contribution in [2.45, 2.75) is 19.4 Å². The van der Waals surface area contributed by atoms with E-state index in [1.165, 1.54) is 0 Å². The number of terminal acetylenes is 1. The second kappa shape index (κ2) is 9.69. The molecule has 1 N–H and O–H groups in total. The van der Waals surface area contributed by atoms with Crippen LogP contribution in [0.3, 0.4) is 0 Å². The summed E-state index contributed by atoms with van der Waals surface area (Å²) in [6, 6.07) is 5.75. The fourth-order valence-corrected chi connectivity index (χ4v) is 1.85. The van der Waals surface area contributed by atoms with Crippen molar-refractivity contribution in [3.8, 4) is 18.1 Å². The largest absolute Gasteiger partial charge is 0.492 e. The quantitative estimate of drug-likeness (QED) is 0.558. The Morgan fingerprint density at radius 2 is 2.21 bits per heavy atom. The highest BCUT2D eigenvalue weighted by Crippen LogP contribution is 2.28. The Hall–Kier alpha value is -1.21. The molecular formula is C15H20ClNO2. The van der Waals surface area contributed by atoms with Gasteiger partial charge in [0.15, 0.2) is 0 Å². The summed E-state index contributed by atoms with van der Waals surface area (Å²) in [7, 11) is 1.68. The van der Waals surface area contributed by atoms with Crippen LogP contribution in [0.2, 0.25) is 5.02 Å². The second-order valence-corrected chi connectivity index (χ2v) is 4.46. The number of para-hydroxylation sites is 1. The van der Waals surface area contributed by atoms with E-state index in [0.29, 0.717) is 31.2 Å². The number of halogens is 1. The van der Waals surface area contributed by atoms with E-state index in [2.05, 4.69) is 11.2 Å². The van der Waals surface area contributed by atoms with Crippen LogP contribution in [0.25, 0.3) is 0 Å². The van der Waals surface area contributed by atoms with Gasteiger partial charge in [-0.2, -0.15) is 0 Å². The Kier molecular flexibility index (Phi) is 8.08. The lowest BCUT2D eigenvalue weighted by Gasteiger charge is -2.13. The zero-order valence-electron chi connectivity index (χ0n) is 11.2. The highest BCUT2D eigenvalue weighted by atomic mass is 35.5. The van der Waals surface area contributed by atoms with Gasteiger partial charge in [0, 0.05) is 32.2 Å². The van der Waals surface area contributed by atoms with Gasteiger partial charge in [0.25, 0.3) is 0 Å². The maximum Gasteiger partial charge on any atom is 0.142 e. The minimum atomic E-state index is 0.582. The van der Waals surface area contributed by atoms with Gasteiger partial charge in [0.05, 0.1) is 18.2 Å². The Morgan fingerprint density at radius 3 is 2.95 bits per heavy atom. The molecule has 1 aromatic carbocycles. The summed E-state index contributed by atoms with van der Waals surface area (Å²) < 4.78 is 10.7. The normalized spacial score (nSPS) is 10.2. The fourth-order valence-electron chi connectivity index (χ4n) is 1.60. The van der Waals surface area contributed by atoms with Gasteiger partial charge in [-0.25, -0.2) is 0 Å². The van der Waals surface area contributed by atoms with Gasteiger partial charge in [-0.1, -0.05) is 23.7 Å². The lowest BCUT2D eigenvalue weighted by atomic mass is 10.2. The van der Waals surface area contributed by atoms with Gasteiger partial charge >= 0.3 is 0 Å². The molecule has 104 valence electrons. The van der Waals surface area contributed by atoms with Crippen LogP contribution in [0.4, 0.5) is 0 Å². The van der Waals surface area contributed by atoms with E-state index in [0.717, 1.165) is 24.3 Å². The van der Waals surface area contributed by atoms with E-state index in [-0.39, 0.29) is 0 Å². The summed E-state index contributed by atoms with van der Waals surface area (Å²) in [4.78, 5) is 0. The molecule has 0 aliphatic rings. The number of hydrogen-bond donors (Lipinski definition) is 1. The molecule has 1 rings (SSSR count). The minimum Gasteiger partial charge on any atom is -0.492 e. The zero-order valence-corrected chi connectivity index (χ0v) is 12.0. The first-order valence-corrected chi connectivity index (χ1v) is 6.70. The van der Waals surface area contributed by atoms with Crippen molar-refractivity contribution in [3.63, 3.8) is 0 Å². The molecular weight excluding hydrogens is 262 g/mol. The zero-order chi connectivity index (χ0) is 13.9. The standard InChI is InChI=1S/C15H20ClNO2/c1-3-4-5-10-19-15-13(7-6-8-14(15)16)12-17-9-11-18-2/h1,6-8,17H,4-5,9-12H2,2H3. The summed E-state index contributed by atoms with van der Waals surface area (Å²) in [5.41, 5.74) is 1.05. The summed E-state index contributed by atoms with van der Waals surface area (Å²) in [6.07, 6.45) is 6.75. The lowest BCUT2D eigenvalue weighted by Crippen LogP contribution is -2.19. The van der Waals surface area contributed by atoms with Crippen LogP contribution in [-0.2, 0) is 11.3 Å². The predicted octanol–water partition coefficient (Wildman–Crippen LogP) is 2.87. The van der Waals surface area contributed by atoms with Gasteiger partial charge in [-0.05, 0) is 12.5 Å². The summed E-state index contributed by atoms with van der Waals surface area (Å²) in [5.74, 6) is 3.33. The van der Waals surface area contributed by atoms with Crippen LogP contribution in [-0.4, -0.2) is 26.9 Å². The third-order valence-corrected chi connectivity index (χ3v) is 2.86. The molecule has 0 radical (unpaired) electrons. The van der Waals surface area contributed by atoms with Crippen molar-refractivity contribution in [2.75, 3.05) is 26.9 Å². The van der Waals surface area contributed by atoms with Gasteiger partial charge in [-0.3, -0.25) is 0 Å². The van der Waals surface area contributed by atoms with Crippen LogP contribution in [0.5, 0.6) is 5.75 Å². The molecule has 4 heteroatoms. The Labute approximate surface area is 120 Å². The van der Waals surface area contributed by atoms with Crippen LogP contribution >= 0.6 is 11.6 Å². The van der Waals surface area contributed by atoms with E-state index in [1.807, 2.05) is 18.2 Å². The molecule has 1 aromatic rings. The first-order valence-electron chi connectivity index (χ1n) is 6.33. The highest BCUT2D eigenvalue weighted by molar-refractivity contribution is 6.32. The van der Waals surface area contributed by atoms with E-state index >= 15 is 0 Å². The maximum atomic E-state index is 6.16. The monoisotopic (exact) mass is 281 g/mol. The number of rotatable bonds is 9. The molecule has 0 amide bonds. The van der Waals surface area contributed by atoms with Gasteiger partial charge in [0.1, 0.15) is 5.75 Å². The number of methoxy groups -OCH3 is 1. The summed E-state index contributed by atoms with van der Waals surface area (Å²) in [6.45, 7) is 2.76. The first-order chi connectivity index (χ1) is 9.29. The third kappa shape index (κ3) is 5.98. The molecule has 0 aliphatic carbocycles. The third-order valence-electron chi connectivity index (χ3n) is 2.56. The molecule has 3 nitrogen and oxygen atoms in total. The van der Waals surface area contributed by atoms with Crippen LogP contribution in [0.15, 0.2) is 18.2 Å². The molecule has 19 heavy (non-hydrogen) atoms. The van der Waals surface area contributed by atoms with E-state index in [4.69, 9.17) is 27.5 Å². The van der Waals surface area contributed by atoms with Crippen molar-refractivity contribution in [2.24, 2.45) is 0 Å². The average Bonchev–Trinajstić information content (AvgIpc) is 2.42. The molecule has 0 aliphatic heterocycles. The first kappa shape index (κ1) is 15.8. The molecule has 0 heterocycles. The van der Waals surface area contributed by atoms with Gasteiger partial charge in [-0.15, -0.1) is 12.3 Å². The number of ether oxygens (including phenoxy) is 2. The molecule has 0 saturated carbocycles. The molecule has 0 atom stereocenters. The van der Waals surface area contributed by atoms with Crippen molar-refractivity contribution >= 4 is 11.6 Å². The molecule has 0 bridgehead atoms. The van der Waals surface area contributed by atoms with E-state index in [9.17, 15) is 0 Å². The molecule has 0 unspecified atom stereocenters. The Morgan fingerprint density at radius 1 is 1.37 bits per heavy atom. The maximum absolute atomic E-state index is 6.16. The summed E-state index contributed by atoms with van der Waals surface area (Å²) >= 11 is 6.16. The molecule has 0 fully saturated rings. The fraction of sp³-hybridized carbons (Fsp3) is 0.467. The lowest BCUT2D eigenvalue weighted by molar-refractivity contribution is 0.199. The number of benzene rings is 1. The van der Waals surface area contributed by atoms with E-state index in [1.54, 1.807) is 7.11 Å². The Balaban J connectivity index is 2.54. The predicted molar refractivity (Wildman–Crippen MR) is 78.6 cm³/mol. The van der Waals surface area contributed by atoms with E-state index < -0.39 is 0 Å². The smallest absolute Gasteiger partial charge is 0.142 e. The van der Waals surface area contributed by atoms with Crippen LogP contribution < -0.4 is 10.1 Å². The number of nitrogens with one attached hydrogen (secondary N) is 1. The molecule has 0 saturated heterocycles. The average molecular weight is 282 g/mol. The number of unbranched alkanes of at least 4 members (excludes halogenated alkanes) is 1. The van der Waals surface area contributed by atoms with Crippen LogP contribution in [0, 0.1) is 12.3 Å². The van der Waals surface area contributed by atoms with Crippen molar-refractivity contribution in [1.29, 1.82) is 0 Å². The van der Waals surface area contributed by atoms with Crippen molar-refractivity contribution in [1.82, 2.24) is 5.32 Å². The summed E-state index contributed by atoms with van der Waals surface area (Å²) in [5, 5.41) is 3.91. The second-order valence-electron chi connectivity index (χ2n) is 4.05. The SMILES string of the molecule is C#CCCCOc1c(Cl)cccc1CNCCOC. The van der Waals surface area contributed by atoms with Crippen molar-refractivity contribution < 1.29 is 9.47 Å². The van der Waals surface area contributed by atoms with Crippen LogP contribution in [0.1, 0.15) is 18.4 Å². The molecule has 0 aromatic heterocycles. The molecule has 0 spiro atoms. The van der Waals surface area contributed by atoms with Gasteiger partial charge < -0.3 is 14.8 Å². The number of hydrogen-bond acceptors (Lipinski definition) is 3.